The second kappa shape index (κ2) is 6.42. The molecule has 0 fully saturated rings. The number of hydrogen-bond donors (Lipinski definition) is 3. The Kier molecular flexibility index (Phi) is 6.21. The largest absolute Gasteiger partial charge is 0.506 e. The third-order valence-electron chi connectivity index (χ3n) is 2.45. The van der Waals surface area contributed by atoms with E-state index in [2.05, 4.69) is 15.9 Å². The van der Waals surface area contributed by atoms with Crippen LogP contribution in [-0.4, -0.2) is 22.7 Å². The number of nitrogens with two attached hydrogens (primary N) is 1. The Bertz CT molecular complexity index is 483. The molecule has 1 atom stereocenters. The van der Waals surface area contributed by atoms with Crippen molar-refractivity contribution in [2.45, 2.75) is 18.1 Å². The molecule has 1 aromatic rings. The molecule has 0 heterocycles. The van der Waals surface area contributed by atoms with Gasteiger partial charge in [-0.05, 0) is 28.1 Å². The molecule has 0 saturated heterocycles. The summed E-state index contributed by atoms with van der Waals surface area (Å²) in [5.74, 6) is -5.03. The van der Waals surface area contributed by atoms with Gasteiger partial charge >= 0.3 is 6.18 Å². The van der Waals surface area contributed by atoms with Crippen molar-refractivity contribution in [3.8, 4) is 5.75 Å². The number of rotatable bonds is 3. The van der Waals surface area contributed by atoms with Crippen molar-refractivity contribution in [3.05, 3.63) is 27.7 Å². The van der Waals surface area contributed by atoms with Gasteiger partial charge in [-0.25, -0.2) is 8.78 Å². The number of alkyl halides is 5. The van der Waals surface area contributed by atoms with Crippen LogP contribution in [0.15, 0.2) is 16.6 Å². The maximum absolute atomic E-state index is 13.2. The van der Waals surface area contributed by atoms with Crippen LogP contribution in [0, 0.1) is 0 Å². The highest BCUT2D eigenvalue weighted by Crippen LogP contribution is 2.45. The predicted octanol–water partition coefficient (Wildman–Crippen LogP) is 3.22. The van der Waals surface area contributed by atoms with Crippen molar-refractivity contribution in [1.29, 1.82) is 0 Å². The third kappa shape index (κ3) is 3.72. The Morgan fingerprint density at radius 2 is 1.70 bits per heavy atom. The molecule has 0 bridgehead atoms. The van der Waals surface area contributed by atoms with Gasteiger partial charge in [0.2, 0.25) is 0 Å². The summed E-state index contributed by atoms with van der Waals surface area (Å²) >= 11 is 2.72. The summed E-state index contributed by atoms with van der Waals surface area (Å²) in [5.41, 5.74) is 2.42. The molecule has 1 aromatic carbocycles. The first kappa shape index (κ1) is 19.4. The van der Waals surface area contributed by atoms with Crippen molar-refractivity contribution >= 4 is 28.3 Å². The minimum Gasteiger partial charge on any atom is -0.506 e. The zero-order valence-corrected chi connectivity index (χ0v) is 12.0. The topological polar surface area (TPSA) is 66.5 Å². The Morgan fingerprint density at radius 3 is 2.10 bits per heavy atom. The summed E-state index contributed by atoms with van der Waals surface area (Å²) in [6, 6.07) is -1.11. The molecule has 0 saturated carbocycles. The van der Waals surface area contributed by atoms with Gasteiger partial charge < -0.3 is 15.9 Å². The number of phenolic OH excluding ortho intramolecular Hbond substituents is 1. The standard InChI is InChI=1S/C10H9BrF5NO2.ClH/c11-5-2-1-4(10(14,15)16)6(7(5)19)8(17)9(12,13)3-18;/h1-2,8,18-19H,3,17H2;1H/t8-;/m0./s1. The van der Waals surface area contributed by atoms with E-state index < -0.39 is 41.6 Å². The zero-order valence-electron chi connectivity index (χ0n) is 9.59. The summed E-state index contributed by atoms with van der Waals surface area (Å²) in [5, 5.41) is 18.0. The van der Waals surface area contributed by atoms with Crippen LogP contribution in [0.1, 0.15) is 17.2 Å². The first-order chi connectivity index (χ1) is 8.52. The zero-order chi connectivity index (χ0) is 15.0. The number of benzene rings is 1. The molecule has 0 unspecified atom stereocenters. The second-order valence-electron chi connectivity index (χ2n) is 3.75. The molecule has 3 nitrogen and oxygen atoms in total. The number of aliphatic hydroxyl groups is 1. The molecule has 0 amide bonds. The lowest BCUT2D eigenvalue weighted by Crippen LogP contribution is -2.37. The van der Waals surface area contributed by atoms with Gasteiger partial charge in [0.05, 0.1) is 10.0 Å². The van der Waals surface area contributed by atoms with E-state index in [0.29, 0.717) is 6.07 Å². The average molecular weight is 387 g/mol. The van der Waals surface area contributed by atoms with Gasteiger partial charge in [-0.3, -0.25) is 0 Å². The summed E-state index contributed by atoms with van der Waals surface area (Å²) in [6.07, 6.45) is -4.96. The molecule has 0 aliphatic carbocycles. The number of phenols is 1. The molecule has 0 spiro atoms. The number of aliphatic hydroxyl groups excluding tert-OH is 1. The lowest BCUT2D eigenvalue weighted by Gasteiger charge is -2.25. The van der Waals surface area contributed by atoms with Gasteiger partial charge in [-0.2, -0.15) is 13.2 Å². The van der Waals surface area contributed by atoms with Crippen LogP contribution in [0.25, 0.3) is 0 Å². The van der Waals surface area contributed by atoms with E-state index in [4.69, 9.17) is 10.8 Å². The van der Waals surface area contributed by atoms with Crippen molar-refractivity contribution in [3.63, 3.8) is 0 Å². The highest BCUT2D eigenvalue weighted by molar-refractivity contribution is 9.10. The van der Waals surface area contributed by atoms with Crippen molar-refractivity contribution in [2.24, 2.45) is 5.73 Å². The summed E-state index contributed by atoms with van der Waals surface area (Å²) < 4.78 is 64.4. The first-order valence-corrected chi connectivity index (χ1v) is 5.64. The smallest absolute Gasteiger partial charge is 0.416 e. The summed E-state index contributed by atoms with van der Waals surface area (Å²) in [4.78, 5) is 0. The predicted molar refractivity (Wildman–Crippen MR) is 67.0 cm³/mol. The number of aromatic hydroxyl groups is 1. The van der Waals surface area contributed by atoms with E-state index >= 15 is 0 Å². The van der Waals surface area contributed by atoms with Gasteiger partial charge in [-0.1, -0.05) is 0 Å². The van der Waals surface area contributed by atoms with Crippen molar-refractivity contribution in [1.82, 2.24) is 0 Å². The maximum Gasteiger partial charge on any atom is 0.416 e. The molecule has 0 aliphatic rings. The molecular formula is C10H10BrClF5NO2. The van der Waals surface area contributed by atoms with Crippen LogP contribution in [0.5, 0.6) is 5.75 Å². The fourth-order valence-corrected chi connectivity index (χ4v) is 1.80. The Morgan fingerprint density at radius 1 is 1.20 bits per heavy atom. The van der Waals surface area contributed by atoms with Gasteiger partial charge in [0.1, 0.15) is 18.4 Å². The molecule has 0 aliphatic heterocycles. The lowest BCUT2D eigenvalue weighted by atomic mass is 9.95. The minimum atomic E-state index is -4.96. The molecular weight excluding hydrogens is 376 g/mol. The summed E-state index contributed by atoms with van der Waals surface area (Å²) in [6.45, 7) is -1.74. The Hall–Kier alpha value is -0.640. The molecule has 0 radical (unpaired) electrons. The summed E-state index contributed by atoms with van der Waals surface area (Å²) in [7, 11) is 0. The maximum atomic E-state index is 13.2. The van der Waals surface area contributed by atoms with Gasteiger partial charge in [0.25, 0.3) is 5.92 Å². The normalized spacial score (nSPS) is 13.8. The fraction of sp³-hybridized carbons (Fsp3) is 0.400. The quantitative estimate of drug-likeness (QED) is 0.699. The lowest BCUT2D eigenvalue weighted by molar-refractivity contribution is -0.140. The van der Waals surface area contributed by atoms with E-state index in [1.165, 1.54) is 0 Å². The van der Waals surface area contributed by atoms with E-state index in [0.717, 1.165) is 6.07 Å². The van der Waals surface area contributed by atoms with Gasteiger partial charge in [-0.15, -0.1) is 12.4 Å². The molecule has 10 heteroatoms. The van der Waals surface area contributed by atoms with Crippen LogP contribution < -0.4 is 5.73 Å². The number of hydrogen-bond acceptors (Lipinski definition) is 3. The molecule has 20 heavy (non-hydrogen) atoms. The molecule has 4 N–H and O–H groups in total. The van der Waals surface area contributed by atoms with Crippen LogP contribution in [0.4, 0.5) is 22.0 Å². The van der Waals surface area contributed by atoms with Crippen molar-refractivity contribution < 1.29 is 32.2 Å². The van der Waals surface area contributed by atoms with Gasteiger partial charge in [0.15, 0.2) is 0 Å². The first-order valence-electron chi connectivity index (χ1n) is 4.85. The van der Waals surface area contributed by atoms with Crippen molar-refractivity contribution in [2.75, 3.05) is 6.61 Å². The van der Waals surface area contributed by atoms with Crippen LogP contribution in [0.3, 0.4) is 0 Å². The van der Waals surface area contributed by atoms with E-state index in [1.54, 1.807) is 0 Å². The SMILES string of the molecule is Cl.N[C@@H](c1c(C(F)(F)F)ccc(Br)c1O)C(F)(F)CO. The van der Waals surface area contributed by atoms with Crippen LogP contribution in [-0.2, 0) is 6.18 Å². The molecule has 116 valence electrons. The highest BCUT2D eigenvalue weighted by Gasteiger charge is 2.45. The third-order valence-corrected chi connectivity index (χ3v) is 3.09. The van der Waals surface area contributed by atoms with Crippen LogP contribution >= 0.6 is 28.3 Å². The highest BCUT2D eigenvalue weighted by atomic mass is 79.9. The van der Waals surface area contributed by atoms with Crippen LogP contribution in [0.2, 0.25) is 0 Å². The monoisotopic (exact) mass is 385 g/mol. The second-order valence-corrected chi connectivity index (χ2v) is 4.61. The van der Waals surface area contributed by atoms with E-state index in [1.807, 2.05) is 0 Å². The number of halogens is 7. The van der Waals surface area contributed by atoms with E-state index in [-0.39, 0.29) is 16.9 Å². The Labute approximate surface area is 125 Å². The molecule has 1 rings (SSSR count). The minimum absolute atomic E-state index is 0. The Balaban J connectivity index is 0.00000361. The average Bonchev–Trinajstić information content (AvgIpc) is 2.30. The van der Waals surface area contributed by atoms with Gasteiger partial charge in [0, 0.05) is 5.56 Å². The van der Waals surface area contributed by atoms with E-state index in [9.17, 15) is 27.1 Å². The molecule has 0 aromatic heterocycles. The fourth-order valence-electron chi connectivity index (χ4n) is 1.45.